The summed E-state index contributed by atoms with van der Waals surface area (Å²) in [4.78, 5) is 0. The van der Waals surface area contributed by atoms with Crippen molar-refractivity contribution in [1.29, 1.82) is 0 Å². The van der Waals surface area contributed by atoms with E-state index in [2.05, 4.69) is 6.92 Å². The first-order valence-corrected chi connectivity index (χ1v) is 6.60. The Morgan fingerprint density at radius 2 is 1.94 bits per heavy atom. The largest absolute Gasteiger partial charge is 0.490 e. The molecule has 1 N–H and O–H groups in total. The fourth-order valence-corrected chi connectivity index (χ4v) is 2.39. The van der Waals surface area contributed by atoms with Gasteiger partial charge in [-0.3, -0.25) is 0 Å². The monoisotopic (exact) mass is 234 g/mol. The zero-order chi connectivity index (χ0) is 12.3. The maximum absolute atomic E-state index is 9.53. The number of ether oxygens (including phenoxy) is 1. The Hall–Kier alpha value is -1.02. The van der Waals surface area contributed by atoms with Gasteiger partial charge < -0.3 is 9.84 Å². The second kappa shape index (κ2) is 5.54. The zero-order valence-corrected chi connectivity index (χ0v) is 10.7. The van der Waals surface area contributed by atoms with Gasteiger partial charge in [-0.05, 0) is 56.2 Å². The summed E-state index contributed by atoms with van der Waals surface area (Å²) in [6.07, 6.45) is 4.77. The van der Waals surface area contributed by atoms with Crippen molar-refractivity contribution in [2.45, 2.75) is 51.7 Å². The summed E-state index contributed by atoms with van der Waals surface area (Å²) in [5.74, 6) is 1.74. The first-order valence-electron chi connectivity index (χ1n) is 6.60. The van der Waals surface area contributed by atoms with E-state index in [1.165, 1.54) is 12.8 Å². The van der Waals surface area contributed by atoms with Crippen molar-refractivity contribution in [1.82, 2.24) is 0 Å². The van der Waals surface area contributed by atoms with Crippen molar-refractivity contribution >= 4 is 0 Å². The topological polar surface area (TPSA) is 29.5 Å². The smallest absolute Gasteiger partial charge is 0.120 e. The molecule has 1 aliphatic rings. The second-order valence-electron chi connectivity index (χ2n) is 5.25. The van der Waals surface area contributed by atoms with Gasteiger partial charge in [-0.15, -0.1) is 0 Å². The molecule has 1 fully saturated rings. The van der Waals surface area contributed by atoms with E-state index in [-0.39, 0.29) is 0 Å². The third-order valence-corrected chi connectivity index (χ3v) is 3.61. The third kappa shape index (κ3) is 3.47. The molecule has 94 valence electrons. The van der Waals surface area contributed by atoms with Crippen LogP contribution < -0.4 is 4.74 Å². The van der Waals surface area contributed by atoms with Crippen LogP contribution in [0.4, 0.5) is 0 Å². The molecule has 0 aromatic heterocycles. The molecule has 0 radical (unpaired) electrons. The van der Waals surface area contributed by atoms with E-state index in [0.717, 1.165) is 30.1 Å². The number of hydrogen-bond acceptors (Lipinski definition) is 2. The molecule has 1 aliphatic carbocycles. The standard InChI is InChI=1S/C15H22O2/c1-11-6-8-14(9-7-11)17-15-5-3-4-13(10-15)12(2)16/h3-5,10-12,14,16H,6-9H2,1-2H3/t11?,12-,14?/m0/s1. The predicted molar refractivity (Wildman–Crippen MR) is 69.1 cm³/mol. The van der Waals surface area contributed by atoms with E-state index in [4.69, 9.17) is 4.74 Å². The van der Waals surface area contributed by atoms with Crippen LogP contribution in [0.1, 0.15) is 51.2 Å². The Bertz CT molecular complexity index is 352. The Morgan fingerprint density at radius 3 is 2.59 bits per heavy atom. The van der Waals surface area contributed by atoms with E-state index < -0.39 is 6.10 Å². The summed E-state index contributed by atoms with van der Waals surface area (Å²) in [6, 6.07) is 7.80. The lowest BCUT2D eigenvalue weighted by atomic mass is 9.89. The molecular weight excluding hydrogens is 212 g/mol. The number of aliphatic hydroxyl groups is 1. The highest BCUT2D eigenvalue weighted by atomic mass is 16.5. The maximum Gasteiger partial charge on any atom is 0.120 e. The van der Waals surface area contributed by atoms with Crippen LogP contribution in [0.5, 0.6) is 5.75 Å². The molecule has 1 saturated carbocycles. The average molecular weight is 234 g/mol. The van der Waals surface area contributed by atoms with E-state index in [9.17, 15) is 5.11 Å². The van der Waals surface area contributed by atoms with Gasteiger partial charge in [0.15, 0.2) is 0 Å². The molecule has 0 bridgehead atoms. The van der Waals surface area contributed by atoms with Crippen LogP contribution in [-0.4, -0.2) is 11.2 Å². The van der Waals surface area contributed by atoms with Crippen LogP contribution >= 0.6 is 0 Å². The average Bonchev–Trinajstić information content (AvgIpc) is 2.32. The molecule has 0 amide bonds. The predicted octanol–water partition coefficient (Wildman–Crippen LogP) is 3.70. The molecule has 0 saturated heterocycles. The molecule has 2 nitrogen and oxygen atoms in total. The van der Waals surface area contributed by atoms with Gasteiger partial charge in [0.1, 0.15) is 5.75 Å². The second-order valence-corrected chi connectivity index (χ2v) is 5.25. The first kappa shape index (κ1) is 12.4. The van der Waals surface area contributed by atoms with Crippen molar-refractivity contribution < 1.29 is 9.84 Å². The lowest BCUT2D eigenvalue weighted by molar-refractivity contribution is 0.134. The van der Waals surface area contributed by atoms with Crippen LogP contribution in [0.25, 0.3) is 0 Å². The highest BCUT2D eigenvalue weighted by molar-refractivity contribution is 5.29. The van der Waals surface area contributed by atoms with Gasteiger partial charge in [-0.2, -0.15) is 0 Å². The van der Waals surface area contributed by atoms with Crippen molar-refractivity contribution in [2.75, 3.05) is 0 Å². The Morgan fingerprint density at radius 1 is 1.24 bits per heavy atom. The van der Waals surface area contributed by atoms with Crippen LogP contribution in [0.2, 0.25) is 0 Å². The molecule has 1 aromatic carbocycles. The fourth-order valence-electron chi connectivity index (χ4n) is 2.39. The molecular formula is C15H22O2. The first-order chi connectivity index (χ1) is 8.15. The minimum Gasteiger partial charge on any atom is -0.490 e. The normalized spacial score (nSPS) is 26.5. The highest BCUT2D eigenvalue weighted by Crippen LogP contribution is 2.28. The number of hydrogen-bond donors (Lipinski definition) is 1. The summed E-state index contributed by atoms with van der Waals surface area (Å²) in [6.45, 7) is 4.09. The highest BCUT2D eigenvalue weighted by Gasteiger charge is 2.19. The van der Waals surface area contributed by atoms with Crippen LogP contribution in [-0.2, 0) is 0 Å². The molecule has 0 spiro atoms. The summed E-state index contributed by atoms with van der Waals surface area (Å²) >= 11 is 0. The van der Waals surface area contributed by atoms with E-state index in [1.54, 1.807) is 6.92 Å². The minimum absolute atomic E-state index is 0.357. The van der Waals surface area contributed by atoms with Crippen molar-refractivity contribution in [2.24, 2.45) is 5.92 Å². The Balaban J connectivity index is 1.96. The third-order valence-electron chi connectivity index (χ3n) is 3.61. The van der Waals surface area contributed by atoms with Gasteiger partial charge in [0, 0.05) is 0 Å². The van der Waals surface area contributed by atoms with Gasteiger partial charge in [0.2, 0.25) is 0 Å². The lowest BCUT2D eigenvalue weighted by Crippen LogP contribution is -2.23. The summed E-state index contributed by atoms with van der Waals surface area (Å²) in [7, 11) is 0. The SMILES string of the molecule is CC1CCC(Oc2cccc([C@H](C)O)c2)CC1. The maximum atomic E-state index is 9.53. The molecule has 17 heavy (non-hydrogen) atoms. The Kier molecular flexibility index (Phi) is 4.06. The molecule has 1 aromatic rings. The van der Waals surface area contributed by atoms with Crippen molar-refractivity contribution in [3.05, 3.63) is 29.8 Å². The van der Waals surface area contributed by atoms with Crippen molar-refractivity contribution in [3.8, 4) is 5.75 Å². The van der Waals surface area contributed by atoms with Gasteiger partial charge in [0.25, 0.3) is 0 Å². The van der Waals surface area contributed by atoms with Gasteiger partial charge >= 0.3 is 0 Å². The molecule has 0 heterocycles. The zero-order valence-electron chi connectivity index (χ0n) is 10.7. The summed E-state index contributed by atoms with van der Waals surface area (Å²) < 4.78 is 5.98. The molecule has 0 unspecified atom stereocenters. The van der Waals surface area contributed by atoms with E-state index in [1.807, 2.05) is 24.3 Å². The summed E-state index contributed by atoms with van der Waals surface area (Å²) in [5.41, 5.74) is 0.923. The molecule has 2 heteroatoms. The quantitative estimate of drug-likeness (QED) is 0.864. The Labute approximate surface area is 104 Å². The number of rotatable bonds is 3. The van der Waals surface area contributed by atoms with Crippen LogP contribution in [0.15, 0.2) is 24.3 Å². The molecule has 0 aliphatic heterocycles. The lowest BCUT2D eigenvalue weighted by Gasteiger charge is -2.27. The molecule has 1 atom stereocenters. The minimum atomic E-state index is -0.426. The van der Waals surface area contributed by atoms with Crippen LogP contribution in [0, 0.1) is 5.92 Å². The van der Waals surface area contributed by atoms with Gasteiger partial charge in [0.05, 0.1) is 12.2 Å². The fraction of sp³-hybridized carbons (Fsp3) is 0.600. The van der Waals surface area contributed by atoms with Gasteiger partial charge in [-0.1, -0.05) is 19.1 Å². The number of aliphatic hydroxyl groups excluding tert-OH is 1. The van der Waals surface area contributed by atoms with Crippen molar-refractivity contribution in [3.63, 3.8) is 0 Å². The van der Waals surface area contributed by atoms with Crippen LogP contribution in [0.3, 0.4) is 0 Å². The van der Waals surface area contributed by atoms with Gasteiger partial charge in [-0.25, -0.2) is 0 Å². The van der Waals surface area contributed by atoms with E-state index in [0.29, 0.717) is 6.10 Å². The molecule has 2 rings (SSSR count). The number of benzene rings is 1. The summed E-state index contributed by atoms with van der Waals surface area (Å²) in [5, 5.41) is 9.53. The van der Waals surface area contributed by atoms with E-state index >= 15 is 0 Å².